The van der Waals surface area contributed by atoms with Crippen LogP contribution in [0.5, 0.6) is 0 Å². The van der Waals surface area contributed by atoms with Crippen LogP contribution in [0.1, 0.15) is 53.0 Å². The minimum atomic E-state index is -2.72. The van der Waals surface area contributed by atoms with Crippen LogP contribution in [0, 0.1) is 13.8 Å². The summed E-state index contributed by atoms with van der Waals surface area (Å²) in [6.07, 6.45) is 1.08. The number of halogens is 3. The van der Waals surface area contributed by atoms with Crippen LogP contribution < -0.4 is 15.8 Å². The molecule has 0 aromatic carbocycles. The van der Waals surface area contributed by atoms with Gasteiger partial charge in [-0.1, -0.05) is 11.6 Å². The van der Waals surface area contributed by atoms with Gasteiger partial charge in [0.05, 0.1) is 17.3 Å². The third kappa shape index (κ3) is 4.54. The van der Waals surface area contributed by atoms with Crippen LogP contribution in [0.15, 0.2) is 29.2 Å². The summed E-state index contributed by atoms with van der Waals surface area (Å²) in [5.41, 5.74) is 1.95. The third-order valence-corrected chi connectivity index (χ3v) is 6.20. The van der Waals surface area contributed by atoms with Crippen LogP contribution in [0.25, 0.3) is 5.65 Å². The van der Waals surface area contributed by atoms with E-state index >= 15 is 0 Å². The van der Waals surface area contributed by atoms with Gasteiger partial charge < -0.3 is 15.3 Å². The number of piperidine rings is 1. The summed E-state index contributed by atoms with van der Waals surface area (Å²) in [6, 6.07) is 4.39. The molecule has 1 aliphatic rings. The fourth-order valence-corrected chi connectivity index (χ4v) is 4.33. The van der Waals surface area contributed by atoms with Gasteiger partial charge in [-0.25, -0.2) is 23.5 Å². The minimum Gasteiger partial charge on any atom is -0.476 e. The second kappa shape index (κ2) is 8.83. The Hall–Kier alpha value is -3.27. The summed E-state index contributed by atoms with van der Waals surface area (Å²) in [4.78, 5) is 35.2. The predicted molar refractivity (Wildman–Crippen MR) is 126 cm³/mol. The van der Waals surface area contributed by atoms with Crippen molar-refractivity contribution < 1.29 is 18.7 Å². The number of nitrogens with one attached hydrogen (secondary N) is 1. The number of anilines is 2. The van der Waals surface area contributed by atoms with Crippen LogP contribution in [-0.4, -0.2) is 44.5 Å². The first-order valence-electron chi connectivity index (χ1n) is 10.8. The number of carbonyl (C=O) groups is 1. The fraction of sp³-hybridized carbons (Fsp3) is 0.391. The summed E-state index contributed by atoms with van der Waals surface area (Å²) in [6.45, 7) is 5.49. The number of hydrogen-bond donors (Lipinski definition) is 2. The van der Waals surface area contributed by atoms with Crippen LogP contribution in [0.3, 0.4) is 0 Å². The molecule has 3 aromatic rings. The smallest absolute Gasteiger partial charge is 0.356 e. The first kappa shape index (κ1) is 23.9. The first-order valence-corrected chi connectivity index (χ1v) is 11.2. The van der Waals surface area contributed by atoms with Crippen LogP contribution in [0.2, 0.25) is 5.15 Å². The number of aromatic nitrogens is 3. The topological polar surface area (TPSA) is 99.8 Å². The van der Waals surface area contributed by atoms with Crippen molar-refractivity contribution >= 4 is 34.7 Å². The third-order valence-electron chi connectivity index (χ3n) is 5.99. The number of pyridine rings is 2. The fourth-order valence-electron chi connectivity index (χ4n) is 4.18. The zero-order valence-electron chi connectivity index (χ0n) is 18.9. The van der Waals surface area contributed by atoms with Gasteiger partial charge in [-0.15, -0.1) is 0 Å². The molecule has 4 heterocycles. The molecule has 1 fully saturated rings. The van der Waals surface area contributed by atoms with E-state index in [0.717, 1.165) is 5.56 Å². The van der Waals surface area contributed by atoms with Crippen molar-refractivity contribution in [3.63, 3.8) is 0 Å². The molecule has 1 unspecified atom stereocenters. The van der Waals surface area contributed by atoms with E-state index in [9.17, 15) is 23.5 Å². The van der Waals surface area contributed by atoms with E-state index < -0.39 is 17.9 Å². The molecule has 0 aliphatic carbocycles. The van der Waals surface area contributed by atoms with E-state index in [-0.39, 0.29) is 48.0 Å². The molecule has 1 aliphatic heterocycles. The zero-order chi connectivity index (χ0) is 24.8. The number of nitrogens with zero attached hydrogens (tertiary/aromatic N) is 4. The quantitative estimate of drug-likeness (QED) is 0.508. The van der Waals surface area contributed by atoms with Gasteiger partial charge in [-0.3, -0.25) is 9.20 Å². The Morgan fingerprint density at radius 1 is 1.24 bits per heavy atom. The van der Waals surface area contributed by atoms with E-state index in [4.69, 9.17) is 16.6 Å². The van der Waals surface area contributed by atoms with Crippen molar-refractivity contribution in [3.8, 4) is 0 Å². The number of alkyl halides is 2. The molecule has 0 saturated carbocycles. The summed E-state index contributed by atoms with van der Waals surface area (Å²) in [5.74, 6) is -3.57. The largest absolute Gasteiger partial charge is 0.476 e. The zero-order valence-corrected chi connectivity index (χ0v) is 19.7. The Kier molecular flexibility index (Phi) is 6.20. The molecule has 180 valence electrons. The molecular formula is C23H24ClF2N5O3. The summed E-state index contributed by atoms with van der Waals surface area (Å²) >= 11 is 5.85. The molecule has 0 bridgehead atoms. The Bertz CT molecular complexity index is 1330. The molecule has 8 nitrogen and oxygen atoms in total. The van der Waals surface area contributed by atoms with Gasteiger partial charge in [0.2, 0.25) is 0 Å². The van der Waals surface area contributed by atoms with Gasteiger partial charge in [0.15, 0.2) is 5.69 Å². The number of aromatic carboxylic acids is 1. The molecule has 3 aromatic heterocycles. The number of hydrogen-bond acceptors (Lipinski definition) is 6. The number of fused-ring (bicyclic) bond motifs is 1. The second-order valence-corrected chi connectivity index (χ2v) is 8.96. The number of rotatable bonds is 5. The maximum absolute atomic E-state index is 13.7. The van der Waals surface area contributed by atoms with Crippen molar-refractivity contribution in [2.75, 3.05) is 23.3 Å². The highest BCUT2D eigenvalue weighted by Gasteiger charge is 2.35. The molecule has 0 radical (unpaired) electrons. The maximum atomic E-state index is 13.7. The van der Waals surface area contributed by atoms with Crippen molar-refractivity contribution in [1.29, 1.82) is 0 Å². The lowest BCUT2D eigenvalue weighted by Crippen LogP contribution is -2.41. The number of carboxylic acids is 1. The van der Waals surface area contributed by atoms with E-state index in [1.807, 2.05) is 19.9 Å². The SMILES string of the molecule is Cc1cc(C(C)Nc2ccc(Cl)nc2C(=O)O)c2nc(N3CCC(F)(F)CC3)c(C)c(=O)n2c1. The summed E-state index contributed by atoms with van der Waals surface area (Å²) in [7, 11) is 0. The molecule has 2 N–H and O–H groups in total. The molecule has 1 saturated heterocycles. The van der Waals surface area contributed by atoms with Gasteiger partial charge >= 0.3 is 5.97 Å². The average Bonchev–Trinajstić information content (AvgIpc) is 2.77. The van der Waals surface area contributed by atoms with Crippen molar-refractivity contribution in [2.45, 2.75) is 45.6 Å². The van der Waals surface area contributed by atoms with Gasteiger partial charge in [0.1, 0.15) is 16.6 Å². The lowest BCUT2D eigenvalue weighted by atomic mass is 10.1. The molecule has 0 spiro atoms. The average molecular weight is 492 g/mol. The predicted octanol–water partition coefficient (Wildman–Crippen LogP) is 4.47. The Morgan fingerprint density at radius 3 is 2.56 bits per heavy atom. The summed E-state index contributed by atoms with van der Waals surface area (Å²) in [5, 5.41) is 12.7. The summed E-state index contributed by atoms with van der Waals surface area (Å²) < 4.78 is 28.8. The highest BCUT2D eigenvalue weighted by atomic mass is 35.5. The molecule has 0 amide bonds. The number of carboxylic acid groups (broad SMARTS) is 1. The van der Waals surface area contributed by atoms with Gasteiger partial charge in [-0.2, -0.15) is 0 Å². The van der Waals surface area contributed by atoms with Crippen molar-refractivity contribution in [2.24, 2.45) is 0 Å². The molecule has 4 rings (SSSR count). The van der Waals surface area contributed by atoms with E-state index in [1.54, 1.807) is 18.0 Å². The molecule has 34 heavy (non-hydrogen) atoms. The van der Waals surface area contributed by atoms with Gasteiger partial charge in [0.25, 0.3) is 11.5 Å². The highest BCUT2D eigenvalue weighted by molar-refractivity contribution is 6.29. The minimum absolute atomic E-state index is 0.0528. The van der Waals surface area contributed by atoms with Crippen LogP contribution >= 0.6 is 11.6 Å². The monoisotopic (exact) mass is 491 g/mol. The van der Waals surface area contributed by atoms with Gasteiger partial charge in [-0.05, 0) is 44.5 Å². The molecule has 11 heteroatoms. The van der Waals surface area contributed by atoms with Crippen molar-refractivity contribution in [3.05, 3.63) is 62.3 Å². The lowest BCUT2D eigenvalue weighted by molar-refractivity contribution is -0.0221. The Labute approximate surface area is 199 Å². The Balaban J connectivity index is 1.79. The first-order chi connectivity index (χ1) is 16.0. The molecular weight excluding hydrogens is 468 g/mol. The standard InChI is InChI=1S/C23H24ClF2N5O3/c1-12-10-15(14(3)27-16-4-5-17(24)28-18(16)22(33)34)20-29-19(13(2)21(32)31(20)11-12)30-8-6-23(25,26)7-9-30/h4-5,10-11,14,27H,6-9H2,1-3H3,(H,33,34). The normalized spacial score (nSPS) is 16.5. The maximum Gasteiger partial charge on any atom is 0.356 e. The Morgan fingerprint density at radius 2 is 1.91 bits per heavy atom. The van der Waals surface area contributed by atoms with E-state index in [2.05, 4.69) is 10.3 Å². The van der Waals surface area contributed by atoms with E-state index in [0.29, 0.717) is 22.6 Å². The number of aryl methyl sites for hydroxylation is 1. The highest BCUT2D eigenvalue weighted by Crippen LogP contribution is 2.32. The van der Waals surface area contributed by atoms with Crippen LogP contribution in [0.4, 0.5) is 20.3 Å². The second-order valence-electron chi connectivity index (χ2n) is 8.58. The van der Waals surface area contributed by atoms with Crippen LogP contribution in [-0.2, 0) is 0 Å². The van der Waals surface area contributed by atoms with Gasteiger partial charge in [0, 0.05) is 37.7 Å². The van der Waals surface area contributed by atoms with Crippen molar-refractivity contribution in [1.82, 2.24) is 14.4 Å². The molecule has 1 atom stereocenters. The van der Waals surface area contributed by atoms with E-state index in [1.165, 1.54) is 16.5 Å². The lowest BCUT2D eigenvalue weighted by Gasteiger charge is -2.33.